The van der Waals surface area contributed by atoms with E-state index in [0.717, 1.165) is 13.1 Å². The third kappa shape index (κ3) is 2.00. The summed E-state index contributed by atoms with van der Waals surface area (Å²) in [6.45, 7) is 5.40. The number of benzene rings is 1. The van der Waals surface area contributed by atoms with Crippen LogP contribution in [0.1, 0.15) is 22.8 Å². The van der Waals surface area contributed by atoms with Crippen molar-refractivity contribution in [2.75, 3.05) is 13.1 Å². The molecule has 1 unspecified atom stereocenters. The van der Waals surface area contributed by atoms with Crippen molar-refractivity contribution in [1.29, 1.82) is 0 Å². The van der Waals surface area contributed by atoms with Crippen LogP contribution in [-0.4, -0.2) is 18.9 Å². The van der Waals surface area contributed by atoms with Crippen LogP contribution in [0.5, 0.6) is 0 Å². The van der Waals surface area contributed by atoms with Gasteiger partial charge in [-0.2, -0.15) is 0 Å². The molecule has 1 heterocycles. The fourth-order valence-electron chi connectivity index (χ4n) is 1.89. The average Bonchev–Trinajstić information content (AvgIpc) is 2.18. The van der Waals surface area contributed by atoms with Crippen LogP contribution in [-0.2, 0) is 0 Å². The van der Waals surface area contributed by atoms with Gasteiger partial charge in [-0.1, -0.05) is 19.1 Å². The number of aryl methyl sites for hydroxylation is 1. The van der Waals surface area contributed by atoms with E-state index in [1.807, 2.05) is 6.92 Å². The van der Waals surface area contributed by atoms with Crippen LogP contribution in [0, 0.1) is 24.6 Å². The molecule has 2 nitrogen and oxygen atoms in total. The maximum absolute atomic E-state index is 13.3. The zero-order valence-electron chi connectivity index (χ0n) is 9.59. The standard InChI is InChI=1S/C13H16FNO/c1-8-3-4-10(5-12(8)14)13(16)9(2)11-6-15-7-11/h3-5,9,11,15H,6-7H2,1-2H3. The number of nitrogens with one attached hydrogen (secondary N) is 1. The van der Waals surface area contributed by atoms with Gasteiger partial charge in [0.1, 0.15) is 5.82 Å². The molecule has 1 atom stereocenters. The smallest absolute Gasteiger partial charge is 0.166 e. The Balaban J connectivity index is 2.16. The van der Waals surface area contributed by atoms with E-state index in [4.69, 9.17) is 0 Å². The molecule has 1 fully saturated rings. The van der Waals surface area contributed by atoms with Crippen molar-refractivity contribution in [3.05, 3.63) is 35.1 Å². The number of halogens is 1. The molecule has 0 radical (unpaired) electrons. The fraction of sp³-hybridized carbons (Fsp3) is 0.462. The molecular weight excluding hydrogens is 205 g/mol. The molecule has 1 saturated heterocycles. The summed E-state index contributed by atoms with van der Waals surface area (Å²) in [6, 6.07) is 4.72. The first-order valence-electron chi connectivity index (χ1n) is 5.60. The van der Waals surface area contributed by atoms with Gasteiger partial charge in [0.25, 0.3) is 0 Å². The summed E-state index contributed by atoms with van der Waals surface area (Å²) in [7, 11) is 0. The van der Waals surface area contributed by atoms with Crippen molar-refractivity contribution < 1.29 is 9.18 Å². The van der Waals surface area contributed by atoms with Gasteiger partial charge in [-0.3, -0.25) is 4.79 Å². The zero-order valence-corrected chi connectivity index (χ0v) is 9.59. The first kappa shape index (κ1) is 11.3. The van der Waals surface area contributed by atoms with Gasteiger partial charge < -0.3 is 5.32 Å². The molecule has 0 spiro atoms. The molecule has 0 bridgehead atoms. The van der Waals surface area contributed by atoms with Crippen LogP contribution in [0.25, 0.3) is 0 Å². The van der Waals surface area contributed by atoms with E-state index in [2.05, 4.69) is 5.32 Å². The molecular formula is C13H16FNO. The second kappa shape index (κ2) is 4.34. The molecule has 0 aliphatic carbocycles. The maximum Gasteiger partial charge on any atom is 0.166 e. The molecule has 1 aromatic carbocycles. The third-order valence-corrected chi connectivity index (χ3v) is 3.39. The fourth-order valence-corrected chi connectivity index (χ4v) is 1.89. The molecule has 0 amide bonds. The van der Waals surface area contributed by atoms with Gasteiger partial charge in [0.2, 0.25) is 0 Å². The molecule has 1 aliphatic heterocycles. The van der Waals surface area contributed by atoms with Crippen LogP contribution in [0.15, 0.2) is 18.2 Å². The molecule has 1 aliphatic rings. The number of carbonyl (C=O) groups is 1. The molecule has 0 saturated carbocycles. The van der Waals surface area contributed by atoms with Crippen LogP contribution >= 0.6 is 0 Å². The molecule has 2 rings (SSSR count). The van der Waals surface area contributed by atoms with E-state index >= 15 is 0 Å². The predicted octanol–water partition coefficient (Wildman–Crippen LogP) is 2.17. The highest BCUT2D eigenvalue weighted by atomic mass is 19.1. The lowest BCUT2D eigenvalue weighted by molar-refractivity contribution is 0.0853. The Morgan fingerprint density at radius 1 is 1.50 bits per heavy atom. The highest BCUT2D eigenvalue weighted by Gasteiger charge is 2.29. The lowest BCUT2D eigenvalue weighted by Gasteiger charge is -2.31. The van der Waals surface area contributed by atoms with Crippen LogP contribution in [0.4, 0.5) is 4.39 Å². The number of hydrogen-bond acceptors (Lipinski definition) is 2. The summed E-state index contributed by atoms with van der Waals surface area (Å²) in [5, 5.41) is 3.14. The molecule has 16 heavy (non-hydrogen) atoms. The summed E-state index contributed by atoms with van der Waals surface area (Å²) >= 11 is 0. The summed E-state index contributed by atoms with van der Waals surface area (Å²) in [5.74, 6) is 0.121. The Hall–Kier alpha value is -1.22. The summed E-state index contributed by atoms with van der Waals surface area (Å²) in [5.41, 5.74) is 1.07. The van der Waals surface area contributed by atoms with Gasteiger partial charge >= 0.3 is 0 Å². The largest absolute Gasteiger partial charge is 0.316 e. The van der Waals surface area contributed by atoms with E-state index in [0.29, 0.717) is 17.0 Å². The lowest BCUT2D eigenvalue weighted by Crippen LogP contribution is -2.47. The first-order chi connectivity index (χ1) is 7.59. The number of ketones is 1. The van der Waals surface area contributed by atoms with E-state index in [1.165, 1.54) is 6.07 Å². The Kier molecular flexibility index (Phi) is 3.06. The summed E-state index contributed by atoms with van der Waals surface area (Å²) < 4.78 is 13.3. The van der Waals surface area contributed by atoms with Crippen LogP contribution in [0.2, 0.25) is 0 Å². The molecule has 1 aromatic rings. The minimum absolute atomic E-state index is 0.0247. The van der Waals surface area contributed by atoms with Crippen molar-refractivity contribution in [2.24, 2.45) is 11.8 Å². The second-order valence-corrected chi connectivity index (χ2v) is 4.54. The monoisotopic (exact) mass is 221 g/mol. The Morgan fingerprint density at radius 2 is 2.19 bits per heavy atom. The Morgan fingerprint density at radius 3 is 2.69 bits per heavy atom. The normalized spacial score (nSPS) is 17.9. The average molecular weight is 221 g/mol. The third-order valence-electron chi connectivity index (χ3n) is 3.39. The van der Waals surface area contributed by atoms with Gasteiger partial charge in [0.15, 0.2) is 5.78 Å². The lowest BCUT2D eigenvalue weighted by atomic mass is 9.83. The molecule has 1 N–H and O–H groups in total. The van der Waals surface area contributed by atoms with Gasteiger partial charge in [-0.05, 0) is 37.6 Å². The molecule has 0 aromatic heterocycles. The summed E-state index contributed by atoms with van der Waals surface area (Å²) in [6.07, 6.45) is 0. The van der Waals surface area contributed by atoms with Crippen LogP contribution < -0.4 is 5.32 Å². The number of rotatable bonds is 3. The van der Waals surface area contributed by atoms with E-state index in [9.17, 15) is 9.18 Å². The minimum atomic E-state index is -0.301. The van der Waals surface area contributed by atoms with Crippen molar-refractivity contribution in [3.63, 3.8) is 0 Å². The maximum atomic E-state index is 13.3. The van der Waals surface area contributed by atoms with Crippen LogP contribution in [0.3, 0.4) is 0 Å². The highest BCUT2D eigenvalue weighted by molar-refractivity contribution is 5.98. The Labute approximate surface area is 94.9 Å². The zero-order chi connectivity index (χ0) is 11.7. The van der Waals surface area contributed by atoms with Gasteiger partial charge in [0, 0.05) is 11.5 Å². The molecule has 86 valence electrons. The molecule has 3 heteroatoms. The van der Waals surface area contributed by atoms with Crippen molar-refractivity contribution in [3.8, 4) is 0 Å². The predicted molar refractivity (Wildman–Crippen MR) is 61.0 cm³/mol. The summed E-state index contributed by atoms with van der Waals surface area (Å²) in [4.78, 5) is 12.0. The topological polar surface area (TPSA) is 29.1 Å². The van der Waals surface area contributed by atoms with Gasteiger partial charge in [0.05, 0.1) is 0 Å². The van der Waals surface area contributed by atoms with E-state index in [-0.39, 0.29) is 17.5 Å². The van der Waals surface area contributed by atoms with Crippen molar-refractivity contribution in [1.82, 2.24) is 5.32 Å². The quantitative estimate of drug-likeness (QED) is 0.792. The first-order valence-corrected chi connectivity index (χ1v) is 5.60. The second-order valence-electron chi connectivity index (χ2n) is 4.54. The number of hydrogen-bond donors (Lipinski definition) is 1. The minimum Gasteiger partial charge on any atom is -0.316 e. The SMILES string of the molecule is Cc1ccc(C(=O)C(C)C2CNC2)cc1F. The van der Waals surface area contributed by atoms with Gasteiger partial charge in [-0.25, -0.2) is 4.39 Å². The number of Topliss-reactive ketones (excluding diaryl/α,β-unsaturated/α-hetero) is 1. The van der Waals surface area contributed by atoms with E-state index in [1.54, 1.807) is 19.1 Å². The Bertz CT molecular complexity index is 412. The highest BCUT2D eigenvalue weighted by Crippen LogP contribution is 2.21. The van der Waals surface area contributed by atoms with Crippen molar-refractivity contribution >= 4 is 5.78 Å². The van der Waals surface area contributed by atoms with Crippen molar-refractivity contribution in [2.45, 2.75) is 13.8 Å². The van der Waals surface area contributed by atoms with Gasteiger partial charge in [-0.15, -0.1) is 0 Å². The van der Waals surface area contributed by atoms with E-state index < -0.39 is 0 Å². The number of carbonyl (C=O) groups excluding carboxylic acids is 1.